The van der Waals surface area contributed by atoms with E-state index in [2.05, 4.69) is 25.2 Å². The number of aromatic nitrogens is 3. The van der Waals surface area contributed by atoms with E-state index in [9.17, 15) is 13.6 Å². The van der Waals surface area contributed by atoms with E-state index in [0.29, 0.717) is 10.8 Å². The molecule has 0 aliphatic heterocycles. The summed E-state index contributed by atoms with van der Waals surface area (Å²) in [6, 6.07) is 4.08. The van der Waals surface area contributed by atoms with Gasteiger partial charge in [0.2, 0.25) is 11.1 Å². The molecule has 6 nitrogen and oxygen atoms in total. The molecule has 1 aromatic heterocycles. The van der Waals surface area contributed by atoms with Crippen molar-refractivity contribution in [3.05, 3.63) is 29.0 Å². The molecular weight excluding hydrogens is 410 g/mol. The average molecular weight is 431 g/mol. The van der Waals surface area contributed by atoms with Crippen molar-refractivity contribution in [1.29, 1.82) is 0 Å². The van der Waals surface area contributed by atoms with E-state index in [0.717, 1.165) is 24.6 Å². The average Bonchev–Trinajstić information content (AvgIpc) is 3.32. The van der Waals surface area contributed by atoms with Gasteiger partial charge in [-0.1, -0.05) is 49.0 Å². The van der Waals surface area contributed by atoms with Crippen molar-refractivity contribution in [3.63, 3.8) is 0 Å². The minimum atomic E-state index is -2.96. The van der Waals surface area contributed by atoms with Crippen LogP contribution in [-0.2, 0) is 11.2 Å². The molecule has 1 aliphatic rings. The van der Waals surface area contributed by atoms with Gasteiger partial charge >= 0.3 is 6.61 Å². The number of halogens is 3. The van der Waals surface area contributed by atoms with Crippen molar-refractivity contribution in [2.45, 2.75) is 50.3 Å². The number of thioether (sulfide) groups is 1. The van der Waals surface area contributed by atoms with Gasteiger partial charge in [0.1, 0.15) is 11.6 Å². The Balaban J connectivity index is 1.43. The number of benzene rings is 1. The van der Waals surface area contributed by atoms with Gasteiger partial charge in [-0.2, -0.15) is 8.78 Å². The van der Waals surface area contributed by atoms with E-state index < -0.39 is 6.61 Å². The minimum absolute atomic E-state index is 0.00775. The van der Waals surface area contributed by atoms with Gasteiger partial charge in [0, 0.05) is 12.1 Å². The third-order valence-electron chi connectivity index (χ3n) is 4.54. The van der Waals surface area contributed by atoms with Crippen molar-refractivity contribution < 1.29 is 18.3 Å². The highest BCUT2D eigenvalue weighted by Crippen LogP contribution is 2.30. The molecule has 1 fully saturated rings. The molecule has 1 aromatic carbocycles. The second-order valence-corrected chi connectivity index (χ2v) is 7.96. The summed E-state index contributed by atoms with van der Waals surface area (Å²) in [5.74, 6) is 1.33. The summed E-state index contributed by atoms with van der Waals surface area (Å²) in [7, 11) is 0. The number of alkyl halides is 2. The minimum Gasteiger partial charge on any atom is -0.433 e. The van der Waals surface area contributed by atoms with Crippen LogP contribution in [0.1, 0.15) is 37.9 Å². The summed E-state index contributed by atoms with van der Waals surface area (Å²) in [6.07, 6.45) is 7.24. The molecule has 0 bridgehead atoms. The fourth-order valence-electron chi connectivity index (χ4n) is 3.19. The van der Waals surface area contributed by atoms with E-state index in [-0.39, 0.29) is 22.4 Å². The van der Waals surface area contributed by atoms with Crippen molar-refractivity contribution in [3.8, 4) is 5.75 Å². The first-order valence-corrected chi connectivity index (χ1v) is 10.4. The van der Waals surface area contributed by atoms with Crippen molar-refractivity contribution >= 4 is 35.0 Å². The van der Waals surface area contributed by atoms with Crippen LogP contribution in [0.3, 0.4) is 0 Å². The number of ether oxygens (including phenoxy) is 1. The number of carbonyl (C=O) groups is 1. The molecule has 1 heterocycles. The fraction of sp³-hybridized carbons (Fsp3) is 0.500. The number of nitrogens with one attached hydrogen (secondary N) is 2. The molecule has 1 amide bonds. The maximum atomic E-state index is 12.2. The Labute approximate surface area is 170 Å². The Morgan fingerprint density at radius 3 is 2.89 bits per heavy atom. The lowest BCUT2D eigenvalue weighted by molar-refractivity contribution is -0.113. The Hall–Kier alpha value is -1.87. The lowest BCUT2D eigenvalue weighted by Crippen LogP contribution is -2.14. The van der Waals surface area contributed by atoms with E-state index in [4.69, 9.17) is 11.6 Å². The van der Waals surface area contributed by atoms with Crippen LogP contribution in [-0.4, -0.2) is 33.5 Å². The number of aryl methyl sites for hydroxylation is 1. The zero-order chi connectivity index (χ0) is 19.9. The number of nitrogens with zero attached hydrogens (tertiary/aromatic N) is 2. The fourth-order valence-corrected chi connectivity index (χ4v) is 4.03. The van der Waals surface area contributed by atoms with Crippen molar-refractivity contribution in [1.82, 2.24) is 15.2 Å². The normalized spacial score (nSPS) is 14.6. The van der Waals surface area contributed by atoms with Gasteiger partial charge in [-0.05, 0) is 30.5 Å². The van der Waals surface area contributed by atoms with Crippen LogP contribution in [0.25, 0.3) is 0 Å². The molecule has 2 aromatic rings. The zero-order valence-electron chi connectivity index (χ0n) is 15.1. The van der Waals surface area contributed by atoms with Gasteiger partial charge in [0.25, 0.3) is 0 Å². The molecule has 10 heteroatoms. The van der Waals surface area contributed by atoms with Gasteiger partial charge in [0.05, 0.1) is 10.8 Å². The second kappa shape index (κ2) is 10.1. The SMILES string of the molecule is O=C(CSc1n[nH]c(CCC2CCCC2)n1)Nc1ccc(OC(F)F)c(Cl)c1. The van der Waals surface area contributed by atoms with E-state index in [1.165, 1.54) is 55.6 Å². The molecule has 0 unspecified atom stereocenters. The van der Waals surface area contributed by atoms with Crippen LogP contribution >= 0.6 is 23.4 Å². The maximum absolute atomic E-state index is 12.2. The topological polar surface area (TPSA) is 79.9 Å². The largest absolute Gasteiger partial charge is 0.433 e. The Morgan fingerprint density at radius 2 is 2.18 bits per heavy atom. The highest BCUT2D eigenvalue weighted by atomic mass is 35.5. The number of amides is 1. The third-order valence-corrected chi connectivity index (χ3v) is 5.68. The number of carbonyl (C=O) groups excluding carboxylic acids is 1. The van der Waals surface area contributed by atoms with Crippen LogP contribution in [0, 0.1) is 5.92 Å². The number of aromatic amines is 1. The van der Waals surface area contributed by atoms with Crippen molar-refractivity contribution in [2.24, 2.45) is 5.92 Å². The summed E-state index contributed by atoms with van der Waals surface area (Å²) in [5.41, 5.74) is 0.393. The van der Waals surface area contributed by atoms with Gasteiger partial charge < -0.3 is 10.1 Å². The molecule has 1 saturated carbocycles. The molecule has 152 valence electrons. The van der Waals surface area contributed by atoms with Crippen LogP contribution < -0.4 is 10.1 Å². The maximum Gasteiger partial charge on any atom is 0.387 e. The van der Waals surface area contributed by atoms with E-state index >= 15 is 0 Å². The molecule has 0 spiro atoms. The lowest BCUT2D eigenvalue weighted by atomic mass is 10.0. The standard InChI is InChI=1S/C18H21ClF2N4O2S/c19-13-9-12(6-7-14(13)27-17(20)21)22-16(26)10-28-18-23-15(24-25-18)8-5-11-3-1-2-4-11/h6-7,9,11,17H,1-5,8,10H2,(H,22,26)(H,23,24,25). The predicted octanol–water partition coefficient (Wildman–Crippen LogP) is 4.91. The van der Waals surface area contributed by atoms with Crippen molar-refractivity contribution in [2.75, 3.05) is 11.1 Å². The number of H-pyrrole nitrogens is 1. The van der Waals surface area contributed by atoms with E-state index in [1.54, 1.807) is 0 Å². The van der Waals surface area contributed by atoms with Gasteiger partial charge in [-0.3, -0.25) is 9.89 Å². The highest BCUT2D eigenvalue weighted by molar-refractivity contribution is 7.99. The Kier molecular flexibility index (Phi) is 7.50. The summed E-state index contributed by atoms with van der Waals surface area (Å²) in [5, 5.41) is 10.2. The first-order valence-electron chi connectivity index (χ1n) is 9.08. The van der Waals surface area contributed by atoms with Crippen LogP contribution in [0.4, 0.5) is 14.5 Å². The number of rotatable bonds is 9. The molecular formula is C18H21ClF2N4O2S. The smallest absolute Gasteiger partial charge is 0.387 e. The van der Waals surface area contributed by atoms with Crippen LogP contribution in [0.15, 0.2) is 23.4 Å². The zero-order valence-corrected chi connectivity index (χ0v) is 16.7. The predicted molar refractivity (Wildman–Crippen MR) is 104 cm³/mol. The van der Waals surface area contributed by atoms with Gasteiger partial charge in [-0.25, -0.2) is 4.98 Å². The van der Waals surface area contributed by atoms with Gasteiger partial charge in [0.15, 0.2) is 0 Å². The molecule has 0 atom stereocenters. The number of anilines is 1. The van der Waals surface area contributed by atoms with Gasteiger partial charge in [-0.15, -0.1) is 5.10 Å². The second-order valence-electron chi connectivity index (χ2n) is 6.61. The third kappa shape index (κ3) is 6.34. The lowest BCUT2D eigenvalue weighted by Gasteiger charge is -2.09. The summed E-state index contributed by atoms with van der Waals surface area (Å²) < 4.78 is 28.7. The number of hydrogen-bond acceptors (Lipinski definition) is 5. The summed E-state index contributed by atoms with van der Waals surface area (Å²) >= 11 is 7.09. The Morgan fingerprint density at radius 1 is 1.39 bits per heavy atom. The molecule has 2 N–H and O–H groups in total. The van der Waals surface area contributed by atoms with E-state index in [1.807, 2.05) is 0 Å². The molecule has 0 saturated heterocycles. The molecule has 1 aliphatic carbocycles. The van der Waals surface area contributed by atoms with Crippen LogP contribution in [0.5, 0.6) is 5.75 Å². The first-order chi connectivity index (χ1) is 13.5. The number of hydrogen-bond donors (Lipinski definition) is 2. The quantitative estimate of drug-likeness (QED) is 0.552. The highest BCUT2D eigenvalue weighted by Gasteiger charge is 2.16. The van der Waals surface area contributed by atoms with Crippen LogP contribution in [0.2, 0.25) is 5.02 Å². The summed E-state index contributed by atoms with van der Waals surface area (Å²) in [4.78, 5) is 16.5. The first kappa shape index (κ1) is 20.9. The Bertz CT molecular complexity index is 800. The molecule has 3 rings (SSSR count). The molecule has 0 radical (unpaired) electrons. The summed E-state index contributed by atoms with van der Waals surface area (Å²) in [6.45, 7) is -2.96. The molecule has 28 heavy (non-hydrogen) atoms. The monoisotopic (exact) mass is 430 g/mol.